The molecule has 2 fully saturated rings. The smallest absolute Gasteiger partial charge is 0.237 e. The van der Waals surface area contributed by atoms with Gasteiger partial charge in [-0.3, -0.25) is 9.59 Å². The van der Waals surface area contributed by atoms with Crippen LogP contribution in [-0.2, 0) is 19.1 Å². The van der Waals surface area contributed by atoms with Crippen LogP contribution in [0.25, 0.3) is 0 Å². The molecule has 1 saturated carbocycles. The van der Waals surface area contributed by atoms with E-state index in [-0.39, 0.29) is 23.0 Å². The third kappa shape index (κ3) is 3.17. The number of methoxy groups -OCH3 is 2. The van der Waals surface area contributed by atoms with Gasteiger partial charge in [-0.2, -0.15) is 0 Å². The zero-order valence-corrected chi connectivity index (χ0v) is 16.9. The lowest BCUT2D eigenvalue weighted by Gasteiger charge is -2.38. The first-order chi connectivity index (χ1) is 12.4. The van der Waals surface area contributed by atoms with Crippen LogP contribution in [0.3, 0.4) is 0 Å². The number of ketones is 1. The molecule has 6 heteroatoms. The molecule has 3 aliphatic rings. The van der Waals surface area contributed by atoms with Crippen molar-refractivity contribution < 1.29 is 19.1 Å². The minimum absolute atomic E-state index is 0.0881. The van der Waals surface area contributed by atoms with E-state index in [9.17, 15) is 9.59 Å². The number of carbonyl (C=O) groups excluding carboxylic acids is 2. The minimum atomic E-state index is -0.721. The van der Waals surface area contributed by atoms with Gasteiger partial charge < -0.3 is 14.4 Å². The molecule has 144 valence electrons. The van der Waals surface area contributed by atoms with Gasteiger partial charge in [-0.1, -0.05) is 19.3 Å². The van der Waals surface area contributed by atoms with Crippen molar-refractivity contribution in [2.45, 2.75) is 62.5 Å². The highest BCUT2D eigenvalue weighted by atomic mass is 32.2. The molecular weight excluding hydrogens is 350 g/mol. The Morgan fingerprint density at radius 2 is 1.65 bits per heavy atom. The van der Waals surface area contributed by atoms with Crippen molar-refractivity contribution in [3.05, 3.63) is 23.7 Å². The molecule has 1 amide bonds. The van der Waals surface area contributed by atoms with Crippen molar-refractivity contribution in [1.29, 1.82) is 0 Å². The number of amides is 1. The van der Waals surface area contributed by atoms with E-state index < -0.39 is 5.41 Å². The van der Waals surface area contributed by atoms with Gasteiger partial charge in [0, 0.05) is 30.0 Å². The third-order valence-corrected chi connectivity index (χ3v) is 7.48. The molecule has 1 spiro atoms. The lowest BCUT2D eigenvalue weighted by Crippen LogP contribution is -2.42. The Balaban J connectivity index is 2.04. The Kier molecular flexibility index (Phi) is 5.70. The number of thioether (sulfide) groups is 1. The largest absolute Gasteiger partial charge is 0.500 e. The van der Waals surface area contributed by atoms with Crippen molar-refractivity contribution in [3.8, 4) is 0 Å². The average Bonchev–Trinajstić information content (AvgIpc) is 2.92. The molecule has 3 rings (SSSR count). The maximum absolute atomic E-state index is 13.4. The summed E-state index contributed by atoms with van der Waals surface area (Å²) >= 11 is 1.76. The fraction of sp³-hybridized carbons (Fsp3) is 0.700. The van der Waals surface area contributed by atoms with Gasteiger partial charge in [0.25, 0.3) is 0 Å². The summed E-state index contributed by atoms with van der Waals surface area (Å²) in [7, 11) is 3.15. The number of hydrogen-bond donors (Lipinski definition) is 0. The van der Waals surface area contributed by atoms with Gasteiger partial charge in [-0.15, -0.1) is 11.8 Å². The number of carbonyl (C=O) groups is 2. The van der Waals surface area contributed by atoms with Gasteiger partial charge in [0.2, 0.25) is 5.91 Å². The molecule has 0 aromatic rings. The average molecular weight is 380 g/mol. The third-order valence-electron chi connectivity index (χ3n) is 5.74. The molecule has 0 bridgehead atoms. The topological polar surface area (TPSA) is 55.8 Å². The van der Waals surface area contributed by atoms with Crippen LogP contribution in [-0.4, -0.2) is 53.9 Å². The summed E-state index contributed by atoms with van der Waals surface area (Å²) in [4.78, 5) is 27.4. The number of hydrogen-bond acceptors (Lipinski definition) is 5. The zero-order chi connectivity index (χ0) is 18.9. The van der Waals surface area contributed by atoms with E-state index in [0.717, 1.165) is 12.8 Å². The van der Waals surface area contributed by atoms with Gasteiger partial charge >= 0.3 is 0 Å². The summed E-state index contributed by atoms with van der Waals surface area (Å²) < 4.78 is 11.3. The van der Waals surface area contributed by atoms with Crippen molar-refractivity contribution in [2.75, 3.05) is 20.8 Å². The second kappa shape index (κ2) is 7.67. The maximum Gasteiger partial charge on any atom is 0.237 e. The van der Waals surface area contributed by atoms with Gasteiger partial charge in [-0.05, 0) is 26.7 Å². The molecule has 26 heavy (non-hydrogen) atoms. The SMILES string of the molecule is COC1=CC(=O)C=C(OC)C12CN(C(C)C)C(=O)C2SC1CCCCC1. The van der Waals surface area contributed by atoms with Gasteiger partial charge in [0.15, 0.2) is 5.78 Å². The molecule has 5 nitrogen and oxygen atoms in total. The molecule has 0 radical (unpaired) electrons. The van der Waals surface area contributed by atoms with Crippen LogP contribution in [0.5, 0.6) is 0 Å². The summed E-state index contributed by atoms with van der Waals surface area (Å²) in [6.07, 6.45) is 9.05. The maximum atomic E-state index is 13.4. The van der Waals surface area contributed by atoms with Crippen LogP contribution in [0.2, 0.25) is 0 Å². The number of ether oxygens (including phenoxy) is 2. The molecule has 1 saturated heterocycles. The highest BCUT2D eigenvalue weighted by Gasteiger charge is 2.61. The Morgan fingerprint density at radius 1 is 1.08 bits per heavy atom. The molecule has 2 aliphatic carbocycles. The molecule has 1 aliphatic heterocycles. The van der Waals surface area contributed by atoms with Gasteiger partial charge in [-0.25, -0.2) is 0 Å². The Morgan fingerprint density at radius 3 is 2.15 bits per heavy atom. The molecule has 1 unspecified atom stereocenters. The zero-order valence-electron chi connectivity index (χ0n) is 16.1. The highest BCUT2D eigenvalue weighted by molar-refractivity contribution is 8.01. The summed E-state index contributed by atoms with van der Waals surface area (Å²) in [5.41, 5.74) is -0.721. The van der Waals surface area contributed by atoms with Crippen LogP contribution in [0.4, 0.5) is 0 Å². The first-order valence-electron chi connectivity index (χ1n) is 9.46. The number of nitrogens with zero attached hydrogens (tertiary/aromatic N) is 1. The molecule has 1 heterocycles. The van der Waals surface area contributed by atoms with E-state index in [2.05, 4.69) is 0 Å². The Hall–Kier alpha value is -1.43. The van der Waals surface area contributed by atoms with Crippen LogP contribution >= 0.6 is 11.8 Å². The standard InChI is InChI=1S/C20H29NO4S/c1-13(2)21-12-20(16(24-3)10-14(22)11-17(20)25-4)18(19(21)23)26-15-8-6-5-7-9-15/h10-11,13,15,18H,5-9,12H2,1-4H3. The second-order valence-corrected chi connectivity index (χ2v) is 9.05. The monoisotopic (exact) mass is 379 g/mol. The van der Waals surface area contributed by atoms with Crippen LogP contribution in [0.15, 0.2) is 23.7 Å². The molecule has 1 atom stereocenters. The Labute approximate surface area is 160 Å². The molecule has 0 aromatic carbocycles. The van der Waals surface area contributed by atoms with E-state index in [0.29, 0.717) is 23.3 Å². The number of rotatable bonds is 5. The molecular formula is C20H29NO4S. The summed E-state index contributed by atoms with van der Waals surface area (Å²) in [6, 6.07) is 0.0881. The van der Waals surface area contributed by atoms with Crippen LogP contribution in [0, 0.1) is 5.41 Å². The number of allylic oxidation sites excluding steroid dienone is 2. The normalized spacial score (nSPS) is 26.3. The lowest BCUT2D eigenvalue weighted by molar-refractivity contribution is -0.128. The highest BCUT2D eigenvalue weighted by Crippen LogP contribution is 2.54. The lowest BCUT2D eigenvalue weighted by atomic mass is 9.78. The van der Waals surface area contributed by atoms with Crippen molar-refractivity contribution >= 4 is 23.5 Å². The van der Waals surface area contributed by atoms with Crippen molar-refractivity contribution in [1.82, 2.24) is 4.90 Å². The second-order valence-electron chi connectivity index (χ2n) is 7.64. The van der Waals surface area contributed by atoms with Gasteiger partial charge in [0.05, 0.1) is 14.2 Å². The molecule has 0 N–H and O–H groups in total. The summed E-state index contributed by atoms with van der Waals surface area (Å²) in [5.74, 6) is 1.07. The van der Waals surface area contributed by atoms with E-state index in [4.69, 9.17) is 9.47 Å². The fourth-order valence-corrected chi connectivity index (χ4v) is 6.15. The van der Waals surface area contributed by atoms with Gasteiger partial charge in [0.1, 0.15) is 22.2 Å². The van der Waals surface area contributed by atoms with Crippen LogP contribution < -0.4 is 0 Å². The number of likely N-dealkylation sites (tertiary alicyclic amines) is 1. The molecule has 0 aromatic heterocycles. The first kappa shape index (κ1) is 19.3. The Bertz CT molecular complexity index is 610. The van der Waals surface area contributed by atoms with E-state index >= 15 is 0 Å². The fourth-order valence-electron chi connectivity index (χ4n) is 4.37. The van der Waals surface area contributed by atoms with Crippen molar-refractivity contribution in [3.63, 3.8) is 0 Å². The predicted octanol–water partition coefficient (Wildman–Crippen LogP) is 3.30. The van der Waals surface area contributed by atoms with E-state index in [1.54, 1.807) is 26.0 Å². The minimum Gasteiger partial charge on any atom is -0.500 e. The quantitative estimate of drug-likeness (QED) is 0.734. The van der Waals surface area contributed by atoms with Crippen molar-refractivity contribution in [2.24, 2.45) is 5.41 Å². The summed E-state index contributed by atoms with van der Waals surface area (Å²) in [6.45, 7) is 4.54. The van der Waals surface area contributed by atoms with Crippen LogP contribution in [0.1, 0.15) is 46.0 Å². The first-order valence-corrected chi connectivity index (χ1v) is 10.4. The van der Waals surface area contributed by atoms with E-state index in [1.165, 1.54) is 31.4 Å². The summed E-state index contributed by atoms with van der Waals surface area (Å²) in [5, 5.41) is 0.147. The van der Waals surface area contributed by atoms with E-state index in [1.807, 2.05) is 18.7 Å². The predicted molar refractivity (Wildman–Crippen MR) is 103 cm³/mol.